The fourth-order valence-electron chi connectivity index (χ4n) is 3.59. The summed E-state index contributed by atoms with van der Waals surface area (Å²) in [5.41, 5.74) is 2.50. The third kappa shape index (κ3) is 3.64. The molecule has 1 fully saturated rings. The van der Waals surface area contributed by atoms with Crippen molar-refractivity contribution in [1.29, 1.82) is 0 Å². The lowest BCUT2D eigenvalue weighted by Crippen LogP contribution is -2.32. The highest BCUT2D eigenvalue weighted by Gasteiger charge is 2.33. The van der Waals surface area contributed by atoms with Gasteiger partial charge in [-0.3, -0.25) is 4.79 Å². The van der Waals surface area contributed by atoms with Crippen LogP contribution in [-0.4, -0.2) is 17.4 Å². The second-order valence-electron chi connectivity index (χ2n) is 6.82. The lowest BCUT2D eigenvalue weighted by molar-refractivity contribution is -0.131. The van der Waals surface area contributed by atoms with Crippen molar-refractivity contribution in [3.63, 3.8) is 0 Å². The minimum atomic E-state index is 0.277. The third-order valence-electron chi connectivity index (χ3n) is 5.23. The highest BCUT2D eigenvalue weighted by Crippen LogP contribution is 2.36. The van der Waals surface area contributed by atoms with Crippen molar-refractivity contribution in [2.75, 3.05) is 6.54 Å². The molecule has 2 nitrogen and oxygen atoms in total. The Morgan fingerprint density at radius 1 is 0.957 bits per heavy atom. The van der Waals surface area contributed by atoms with Gasteiger partial charge in [0.1, 0.15) is 0 Å². The van der Waals surface area contributed by atoms with Crippen molar-refractivity contribution in [1.82, 2.24) is 4.90 Å². The minimum absolute atomic E-state index is 0.277. The Labute approximate surface area is 139 Å². The predicted molar refractivity (Wildman–Crippen MR) is 94.0 cm³/mol. The number of nitrogens with zero attached hydrogens (tertiary/aromatic N) is 1. The topological polar surface area (TPSA) is 20.3 Å². The highest BCUT2D eigenvalue weighted by atomic mass is 16.2. The molecule has 23 heavy (non-hydrogen) atoms. The predicted octanol–water partition coefficient (Wildman–Crippen LogP) is 4.47. The molecule has 2 aromatic carbocycles. The second kappa shape index (κ2) is 6.99. The van der Waals surface area contributed by atoms with Crippen LogP contribution in [0.25, 0.3) is 0 Å². The van der Waals surface area contributed by atoms with Gasteiger partial charge in [-0.05, 0) is 28.9 Å². The van der Waals surface area contributed by atoms with Gasteiger partial charge in [-0.2, -0.15) is 0 Å². The molecule has 2 aromatic rings. The molecule has 0 spiro atoms. The van der Waals surface area contributed by atoms with E-state index in [0.29, 0.717) is 24.2 Å². The molecule has 1 heterocycles. The number of rotatable bonds is 3. The number of amides is 1. The summed E-state index contributed by atoms with van der Waals surface area (Å²) in [7, 11) is 0. The van der Waals surface area contributed by atoms with E-state index in [4.69, 9.17) is 0 Å². The molecule has 120 valence electrons. The smallest absolute Gasteiger partial charge is 0.223 e. The van der Waals surface area contributed by atoms with Crippen molar-refractivity contribution in [2.24, 2.45) is 11.8 Å². The Hall–Kier alpha value is -2.09. The van der Waals surface area contributed by atoms with E-state index in [9.17, 15) is 4.79 Å². The summed E-state index contributed by atoms with van der Waals surface area (Å²) in [6, 6.07) is 20.8. The Morgan fingerprint density at radius 3 is 2.22 bits per heavy atom. The van der Waals surface area contributed by atoms with Gasteiger partial charge in [0.15, 0.2) is 0 Å². The molecule has 3 atom stereocenters. The van der Waals surface area contributed by atoms with Crippen molar-refractivity contribution in [3.8, 4) is 0 Å². The van der Waals surface area contributed by atoms with Gasteiger partial charge < -0.3 is 4.90 Å². The summed E-state index contributed by atoms with van der Waals surface area (Å²) < 4.78 is 0. The molecule has 0 aromatic heterocycles. The Balaban J connectivity index is 1.81. The zero-order valence-electron chi connectivity index (χ0n) is 14.0. The van der Waals surface area contributed by atoms with Crippen LogP contribution in [0.15, 0.2) is 60.7 Å². The van der Waals surface area contributed by atoms with E-state index in [1.165, 1.54) is 11.1 Å². The minimum Gasteiger partial charge on any atom is -0.338 e. The maximum atomic E-state index is 12.8. The standard InChI is InChI=1S/C21H25NO/c1-16-14-22(15-18-9-5-3-6-10-18)21(23)13-20(17(16)2)19-11-7-4-8-12-19/h3-12,16-17,20H,13-15H2,1-2H3/t16-,17+,20+/m0/s1. The second-order valence-corrected chi connectivity index (χ2v) is 6.82. The van der Waals surface area contributed by atoms with Crippen molar-refractivity contribution in [3.05, 3.63) is 71.8 Å². The maximum absolute atomic E-state index is 12.8. The zero-order valence-corrected chi connectivity index (χ0v) is 14.0. The van der Waals surface area contributed by atoms with Crippen molar-refractivity contribution < 1.29 is 4.79 Å². The Kier molecular flexibility index (Phi) is 4.80. The molecule has 0 aliphatic carbocycles. The lowest BCUT2D eigenvalue weighted by atomic mass is 9.79. The van der Waals surface area contributed by atoms with Gasteiger partial charge in [0.05, 0.1) is 0 Å². The van der Waals surface area contributed by atoms with Crippen molar-refractivity contribution >= 4 is 5.91 Å². The average Bonchev–Trinajstić information content (AvgIpc) is 2.69. The summed E-state index contributed by atoms with van der Waals surface area (Å²) in [4.78, 5) is 14.9. The highest BCUT2D eigenvalue weighted by molar-refractivity contribution is 5.77. The van der Waals surface area contributed by atoms with Crippen LogP contribution in [-0.2, 0) is 11.3 Å². The van der Waals surface area contributed by atoms with Gasteiger partial charge in [0.2, 0.25) is 5.91 Å². The first kappa shape index (κ1) is 15.8. The molecule has 0 N–H and O–H groups in total. The van der Waals surface area contributed by atoms with Crippen LogP contribution < -0.4 is 0 Å². The third-order valence-corrected chi connectivity index (χ3v) is 5.23. The van der Waals surface area contributed by atoms with E-state index in [0.717, 1.165) is 13.1 Å². The average molecular weight is 307 g/mol. The number of carbonyl (C=O) groups is 1. The van der Waals surface area contributed by atoms with Crippen LogP contribution in [0.5, 0.6) is 0 Å². The zero-order chi connectivity index (χ0) is 16.2. The molecule has 0 unspecified atom stereocenters. The normalized spacial score (nSPS) is 25.2. The molecule has 0 radical (unpaired) electrons. The fraction of sp³-hybridized carbons (Fsp3) is 0.381. The summed E-state index contributed by atoms with van der Waals surface area (Å²) in [5.74, 6) is 1.59. The molecular formula is C21H25NO. The van der Waals surface area contributed by atoms with E-state index in [1.54, 1.807) is 0 Å². The lowest BCUT2D eigenvalue weighted by Gasteiger charge is -2.26. The molecule has 1 aliphatic rings. The van der Waals surface area contributed by atoms with E-state index >= 15 is 0 Å². The van der Waals surface area contributed by atoms with Crippen LogP contribution in [0.3, 0.4) is 0 Å². The number of hydrogen-bond donors (Lipinski definition) is 0. The van der Waals surface area contributed by atoms with Crippen LogP contribution in [0.1, 0.15) is 37.3 Å². The van der Waals surface area contributed by atoms with Gasteiger partial charge in [-0.1, -0.05) is 74.5 Å². The van der Waals surface area contributed by atoms with Gasteiger partial charge in [0, 0.05) is 19.5 Å². The molecule has 1 amide bonds. The monoisotopic (exact) mass is 307 g/mol. The van der Waals surface area contributed by atoms with E-state index < -0.39 is 0 Å². The van der Waals surface area contributed by atoms with E-state index in [-0.39, 0.29) is 5.91 Å². The molecule has 0 saturated carbocycles. The summed E-state index contributed by atoms with van der Waals surface area (Å²) in [6.45, 7) is 6.13. The first-order valence-electron chi connectivity index (χ1n) is 8.52. The first-order valence-corrected chi connectivity index (χ1v) is 8.52. The fourth-order valence-corrected chi connectivity index (χ4v) is 3.59. The van der Waals surface area contributed by atoms with Crippen LogP contribution >= 0.6 is 0 Å². The number of benzene rings is 2. The summed E-state index contributed by atoms with van der Waals surface area (Å²) in [5, 5.41) is 0. The van der Waals surface area contributed by atoms with Crippen LogP contribution in [0.4, 0.5) is 0 Å². The molecule has 1 saturated heterocycles. The van der Waals surface area contributed by atoms with E-state index in [2.05, 4.69) is 50.2 Å². The maximum Gasteiger partial charge on any atom is 0.223 e. The molecule has 0 bridgehead atoms. The van der Waals surface area contributed by atoms with Gasteiger partial charge in [-0.25, -0.2) is 0 Å². The Morgan fingerprint density at radius 2 is 1.57 bits per heavy atom. The molecule has 1 aliphatic heterocycles. The number of likely N-dealkylation sites (tertiary alicyclic amines) is 1. The van der Waals surface area contributed by atoms with Crippen molar-refractivity contribution in [2.45, 2.75) is 32.7 Å². The summed E-state index contributed by atoms with van der Waals surface area (Å²) in [6.07, 6.45) is 0.613. The largest absolute Gasteiger partial charge is 0.338 e. The Bertz CT molecular complexity index is 637. The van der Waals surface area contributed by atoms with Gasteiger partial charge in [-0.15, -0.1) is 0 Å². The first-order chi connectivity index (χ1) is 11.1. The van der Waals surface area contributed by atoms with Gasteiger partial charge in [0.25, 0.3) is 0 Å². The SMILES string of the molecule is C[C@@H]1[C@@H](C)CN(Cc2ccccc2)C(=O)C[C@H]1c1ccccc1. The quantitative estimate of drug-likeness (QED) is 0.819. The summed E-state index contributed by atoms with van der Waals surface area (Å²) >= 11 is 0. The van der Waals surface area contributed by atoms with Crippen LogP contribution in [0.2, 0.25) is 0 Å². The molecule has 3 rings (SSSR count). The van der Waals surface area contributed by atoms with Crippen LogP contribution in [0, 0.1) is 11.8 Å². The molecular weight excluding hydrogens is 282 g/mol. The number of carbonyl (C=O) groups excluding carboxylic acids is 1. The number of hydrogen-bond acceptors (Lipinski definition) is 1. The molecule has 2 heteroatoms. The van der Waals surface area contributed by atoms with Gasteiger partial charge >= 0.3 is 0 Å². The van der Waals surface area contributed by atoms with E-state index in [1.807, 2.05) is 29.2 Å².